The van der Waals surface area contributed by atoms with Gasteiger partial charge in [0.1, 0.15) is 0 Å². The van der Waals surface area contributed by atoms with E-state index in [9.17, 15) is 4.79 Å². The zero-order chi connectivity index (χ0) is 14.5. The highest BCUT2D eigenvalue weighted by Gasteiger charge is 2.24. The molecule has 1 aromatic carbocycles. The fourth-order valence-electron chi connectivity index (χ4n) is 2.80. The van der Waals surface area contributed by atoms with Crippen molar-refractivity contribution in [1.82, 2.24) is 5.32 Å². The van der Waals surface area contributed by atoms with Crippen molar-refractivity contribution in [3.05, 3.63) is 34.9 Å². The normalized spacial score (nSPS) is 22.2. The lowest BCUT2D eigenvalue weighted by atomic mass is 9.85. The van der Waals surface area contributed by atoms with Crippen LogP contribution in [-0.2, 0) is 11.3 Å². The fourth-order valence-corrected chi connectivity index (χ4v) is 2.80. The molecule has 0 spiro atoms. The number of amides is 1. The molecule has 1 amide bonds. The summed E-state index contributed by atoms with van der Waals surface area (Å²) >= 11 is 0. The number of nitriles is 1. The minimum Gasteiger partial charge on any atom is -0.369 e. The predicted octanol–water partition coefficient (Wildman–Crippen LogP) is 2.00. The predicted molar refractivity (Wildman–Crippen MR) is 77.7 cm³/mol. The number of carbonyl (C=O) groups is 1. The van der Waals surface area contributed by atoms with Crippen molar-refractivity contribution in [2.45, 2.75) is 45.2 Å². The van der Waals surface area contributed by atoms with Gasteiger partial charge in [-0.05, 0) is 55.9 Å². The van der Waals surface area contributed by atoms with Crippen LogP contribution in [0, 0.1) is 24.2 Å². The molecule has 1 fully saturated rings. The van der Waals surface area contributed by atoms with Gasteiger partial charge in [0.2, 0.25) is 5.91 Å². The van der Waals surface area contributed by atoms with E-state index >= 15 is 0 Å². The molecule has 0 unspecified atom stereocenters. The number of benzene rings is 1. The summed E-state index contributed by atoms with van der Waals surface area (Å²) in [7, 11) is 0. The Morgan fingerprint density at radius 3 is 2.65 bits per heavy atom. The molecule has 1 saturated carbocycles. The smallest absolute Gasteiger partial charge is 0.220 e. The molecular weight excluding hydrogens is 250 g/mol. The quantitative estimate of drug-likeness (QED) is 0.879. The SMILES string of the molecule is Cc1cc(C#N)ccc1CNC1CCC(C(N)=O)CC1. The highest BCUT2D eigenvalue weighted by atomic mass is 16.1. The molecule has 0 heterocycles. The number of rotatable bonds is 4. The topological polar surface area (TPSA) is 78.9 Å². The molecule has 4 nitrogen and oxygen atoms in total. The van der Waals surface area contributed by atoms with E-state index in [0.29, 0.717) is 11.6 Å². The van der Waals surface area contributed by atoms with Crippen LogP contribution in [0.4, 0.5) is 0 Å². The van der Waals surface area contributed by atoms with Gasteiger partial charge in [0, 0.05) is 18.5 Å². The van der Waals surface area contributed by atoms with Crippen LogP contribution in [-0.4, -0.2) is 11.9 Å². The van der Waals surface area contributed by atoms with Crippen LogP contribution in [0.1, 0.15) is 42.4 Å². The van der Waals surface area contributed by atoms with Gasteiger partial charge < -0.3 is 11.1 Å². The Labute approximate surface area is 120 Å². The van der Waals surface area contributed by atoms with Gasteiger partial charge in [-0.1, -0.05) is 6.07 Å². The van der Waals surface area contributed by atoms with Crippen molar-refractivity contribution in [1.29, 1.82) is 5.26 Å². The van der Waals surface area contributed by atoms with Crippen LogP contribution in [0.5, 0.6) is 0 Å². The Balaban J connectivity index is 1.85. The molecule has 0 radical (unpaired) electrons. The Bertz CT molecular complexity index is 525. The number of carbonyl (C=O) groups excluding carboxylic acids is 1. The molecule has 4 heteroatoms. The van der Waals surface area contributed by atoms with Crippen LogP contribution in [0.2, 0.25) is 0 Å². The number of primary amides is 1. The van der Waals surface area contributed by atoms with E-state index in [1.54, 1.807) is 0 Å². The maximum atomic E-state index is 11.1. The van der Waals surface area contributed by atoms with E-state index in [1.165, 1.54) is 5.56 Å². The first kappa shape index (κ1) is 14.5. The highest BCUT2D eigenvalue weighted by molar-refractivity contribution is 5.76. The second-order valence-electron chi connectivity index (χ2n) is 5.58. The maximum absolute atomic E-state index is 11.1. The average Bonchev–Trinajstić information content (AvgIpc) is 2.46. The van der Waals surface area contributed by atoms with E-state index < -0.39 is 0 Å². The van der Waals surface area contributed by atoms with Crippen molar-refractivity contribution in [3.63, 3.8) is 0 Å². The van der Waals surface area contributed by atoms with Gasteiger partial charge >= 0.3 is 0 Å². The van der Waals surface area contributed by atoms with Gasteiger partial charge in [-0.25, -0.2) is 0 Å². The van der Waals surface area contributed by atoms with Gasteiger partial charge in [-0.15, -0.1) is 0 Å². The molecule has 1 aliphatic carbocycles. The van der Waals surface area contributed by atoms with E-state index in [-0.39, 0.29) is 11.8 Å². The monoisotopic (exact) mass is 271 g/mol. The zero-order valence-electron chi connectivity index (χ0n) is 11.9. The van der Waals surface area contributed by atoms with Crippen molar-refractivity contribution in [2.75, 3.05) is 0 Å². The average molecular weight is 271 g/mol. The number of aryl methyl sites for hydroxylation is 1. The minimum absolute atomic E-state index is 0.0599. The number of hydrogen-bond acceptors (Lipinski definition) is 3. The summed E-state index contributed by atoms with van der Waals surface area (Å²) in [5.74, 6) is -0.101. The van der Waals surface area contributed by atoms with Crippen LogP contribution in [0.25, 0.3) is 0 Å². The van der Waals surface area contributed by atoms with E-state index in [0.717, 1.165) is 37.8 Å². The van der Waals surface area contributed by atoms with E-state index in [1.807, 2.05) is 25.1 Å². The number of hydrogen-bond donors (Lipinski definition) is 2. The second-order valence-corrected chi connectivity index (χ2v) is 5.58. The Kier molecular flexibility index (Phi) is 4.75. The van der Waals surface area contributed by atoms with Crippen LogP contribution in [0.3, 0.4) is 0 Å². The zero-order valence-corrected chi connectivity index (χ0v) is 11.9. The first-order valence-corrected chi connectivity index (χ1v) is 7.12. The van der Waals surface area contributed by atoms with Crippen LogP contribution < -0.4 is 11.1 Å². The standard InChI is InChI=1S/C16H21N3O/c1-11-8-12(9-17)2-3-14(11)10-19-15-6-4-13(5-7-15)16(18)20/h2-3,8,13,15,19H,4-7,10H2,1H3,(H2,18,20). The molecule has 3 N–H and O–H groups in total. The molecule has 1 aromatic rings. The third kappa shape index (κ3) is 3.58. The summed E-state index contributed by atoms with van der Waals surface area (Å²) in [6.07, 6.45) is 3.78. The molecule has 0 aliphatic heterocycles. The first-order valence-electron chi connectivity index (χ1n) is 7.12. The lowest BCUT2D eigenvalue weighted by Crippen LogP contribution is -2.36. The number of nitrogens with one attached hydrogen (secondary N) is 1. The Morgan fingerprint density at radius 2 is 2.10 bits per heavy atom. The summed E-state index contributed by atoms with van der Waals surface area (Å²) in [6.45, 7) is 2.84. The van der Waals surface area contributed by atoms with Gasteiger partial charge in [-0.3, -0.25) is 4.79 Å². The summed E-state index contributed by atoms with van der Waals surface area (Å²) in [5.41, 5.74) is 8.41. The summed E-state index contributed by atoms with van der Waals surface area (Å²) in [5, 5.41) is 12.4. The highest BCUT2D eigenvalue weighted by Crippen LogP contribution is 2.24. The fraction of sp³-hybridized carbons (Fsp3) is 0.500. The van der Waals surface area contributed by atoms with Crippen molar-refractivity contribution in [3.8, 4) is 6.07 Å². The van der Waals surface area contributed by atoms with E-state index in [2.05, 4.69) is 11.4 Å². The molecule has 0 aromatic heterocycles. The van der Waals surface area contributed by atoms with Crippen molar-refractivity contribution in [2.24, 2.45) is 11.7 Å². The van der Waals surface area contributed by atoms with Gasteiger partial charge in [-0.2, -0.15) is 5.26 Å². The molecule has 0 saturated heterocycles. The first-order chi connectivity index (χ1) is 9.60. The van der Waals surface area contributed by atoms with E-state index in [4.69, 9.17) is 11.0 Å². The van der Waals surface area contributed by atoms with Crippen LogP contribution >= 0.6 is 0 Å². The molecule has 2 rings (SSSR count). The van der Waals surface area contributed by atoms with Gasteiger partial charge in [0.05, 0.1) is 11.6 Å². The Hall–Kier alpha value is -1.86. The second kappa shape index (κ2) is 6.53. The van der Waals surface area contributed by atoms with Crippen molar-refractivity contribution < 1.29 is 4.79 Å². The largest absolute Gasteiger partial charge is 0.369 e. The third-order valence-corrected chi connectivity index (χ3v) is 4.18. The Morgan fingerprint density at radius 1 is 1.40 bits per heavy atom. The molecule has 1 aliphatic rings. The molecule has 0 bridgehead atoms. The van der Waals surface area contributed by atoms with Gasteiger partial charge in [0.25, 0.3) is 0 Å². The maximum Gasteiger partial charge on any atom is 0.220 e. The molecular formula is C16H21N3O. The number of nitrogens with two attached hydrogens (primary N) is 1. The summed E-state index contributed by atoms with van der Waals surface area (Å²) in [6, 6.07) is 8.39. The summed E-state index contributed by atoms with van der Waals surface area (Å²) < 4.78 is 0. The molecule has 106 valence electrons. The van der Waals surface area contributed by atoms with Gasteiger partial charge in [0.15, 0.2) is 0 Å². The minimum atomic E-state index is -0.161. The molecule has 0 atom stereocenters. The summed E-state index contributed by atoms with van der Waals surface area (Å²) in [4.78, 5) is 11.1. The molecule has 20 heavy (non-hydrogen) atoms. The lowest BCUT2D eigenvalue weighted by Gasteiger charge is -2.27. The number of nitrogens with zero attached hydrogens (tertiary/aromatic N) is 1. The third-order valence-electron chi connectivity index (χ3n) is 4.18. The lowest BCUT2D eigenvalue weighted by molar-refractivity contribution is -0.122. The van der Waals surface area contributed by atoms with Crippen LogP contribution in [0.15, 0.2) is 18.2 Å². The van der Waals surface area contributed by atoms with Crippen molar-refractivity contribution >= 4 is 5.91 Å².